The number of nitrogens with zero attached hydrogens (tertiary/aromatic N) is 1. The molecule has 20 heavy (non-hydrogen) atoms. The molecule has 0 radical (unpaired) electrons. The van der Waals surface area contributed by atoms with E-state index in [1.54, 1.807) is 12.1 Å². The van der Waals surface area contributed by atoms with Crippen LogP contribution in [-0.2, 0) is 16.6 Å². The van der Waals surface area contributed by atoms with Gasteiger partial charge >= 0.3 is 0 Å². The van der Waals surface area contributed by atoms with Gasteiger partial charge in [0.15, 0.2) is 0 Å². The Kier molecular flexibility index (Phi) is 4.85. The Balaban J connectivity index is 2.04. The Morgan fingerprint density at radius 1 is 1.15 bits per heavy atom. The largest absolute Gasteiger partial charge is 0.378 e. The zero-order chi connectivity index (χ0) is 14.8. The number of halogens is 1. The van der Waals surface area contributed by atoms with Gasteiger partial charge in [0, 0.05) is 26.3 Å². The summed E-state index contributed by atoms with van der Waals surface area (Å²) in [5, 5.41) is 0. The lowest BCUT2D eigenvalue weighted by molar-refractivity contribution is 0.583. The number of hydrogen-bond acceptors (Lipinski definition) is 4. The topological polar surface area (TPSA) is 49.4 Å². The Labute approximate surface area is 131 Å². The normalized spacial score (nSPS) is 11.6. The molecular weight excluding hydrogens is 360 g/mol. The minimum Gasteiger partial charge on any atom is -0.378 e. The SMILES string of the molecule is CN(C)c1ccc(CNS(=O)(=O)c2ccc(Br)s2)cc1. The van der Waals surface area contributed by atoms with Crippen molar-refractivity contribution in [3.05, 3.63) is 45.7 Å². The van der Waals surface area contributed by atoms with Crippen molar-refractivity contribution in [2.75, 3.05) is 19.0 Å². The van der Waals surface area contributed by atoms with Gasteiger partial charge in [0.2, 0.25) is 10.0 Å². The highest BCUT2D eigenvalue weighted by molar-refractivity contribution is 9.11. The van der Waals surface area contributed by atoms with Crippen molar-refractivity contribution in [2.24, 2.45) is 0 Å². The van der Waals surface area contributed by atoms with Crippen LogP contribution < -0.4 is 9.62 Å². The molecule has 2 aromatic rings. The molecule has 7 heteroatoms. The van der Waals surface area contributed by atoms with Crippen LogP contribution >= 0.6 is 27.3 Å². The van der Waals surface area contributed by atoms with Crippen LogP contribution in [0.15, 0.2) is 44.4 Å². The van der Waals surface area contributed by atoms with Crippen LogP contribution in [0.1, 0.15) is 5.56 Å². The van der Waals surface area contributed by atoms with E-state index in [-0.39, 0.29) is 6.54 Å². The zero-order valence-electron chi connectivity index (χ0n) is 11.1. The van der Waals surface area contributed by atoms with Crippen LogP contribution in [0.2, 0.25) is 0 Å². The molecule has 0 aliphatic heterocycles. The zero-order valence-corrected chi connectivity index (χ0v) is 14.3. The summed E-state index contributed by atoms with van der Waals surface area (Å²) in [6.45, 7) is 0.283. The fraction of sp³-hybridized carbons (Fsp3) is 0.231. The van der Waals surface area contributed by atoms with Gasteiger partial charge in [-0.15, -0.1) is 11.3 Å². The molecule has 1 aromatic carbocycles. The Morgan fingerprint density at radius 2 is 1.80 bits per heavy atom. The molecule has 0 aliphatic rings. The van der Waals surface area contributed by atoms with Gasteiger partial charge in [-0.2, -0.15) is 0 Å². The highest BCUT2D eigenvalue weighted by Gasteiger charge is 2.15. The number of nitrogens with one attached hydrogen (secondary N) is 1. The predicted molar refractivity (Wildman–Crippen MR) is 86.8 cm³/mol. The third kappa shape index (κ3) is 3.82. The molecule has 4 nitrogen and oxygen atoms in total. The molecule has 0 atom stereocenters. The Hall–Kier alpha value is -0.890. The predicted octanol–water partition coefficient (Wildman–Crippen LogP) is 3.06. The second-order valence-corrected chi connectivity index (χ2v) is 8.90. The van der Waals surface area contributed by atoms with Crippen LogP contribution in [0.4, 0.5) is 5.69 Å². The molecule has 1 aromatic heterocycles. The van der Waals surface area contributed by atoms with E-state index in [1.165, 1.54) is 11.3 Å². The van der Waals surface area contributed by atoms with Gasteiger partial charge in [0.05, 0.1) is 3.79 Å². The monoisotopic (exact) mass is 374 g/mol. The molecule has 1 N–H and O–H groups in total. The lowest BCUT2D eigenvalue weighted by Crippen LogP contribution is -2.22. The van der Waals surface area contributed by atoms with Crippen LogP contribution in [0.3, 0.4) is 0 Å². The molecule has 0 unspecified atom stereocenters. The minimum atomic E-state index is -3.44. The van der Waals surface area contributed by atoms with Gasteiger partial charge in [-0.1, -0.05) is 12.1 Å². The summed E-state index contributed by atoms with van der Waals surface area (Å²) in [7, 11) is 0.493. The maximum atomic E-state index is 12.1. The van der Waals surface area contributed by atoms with E-state index in [9.17, 15) is 8.42 Å². The third-order valence-corrected chi connectivity index (χ3v) is 6.25. The quantitative estimate of drug-likeness (QED) is 0.874. The molecule has 108 valence electrons. The molecule has 0 aliphatic carbocycles. The van der Waals surface area contributed by atoms with Crippen molar-refractivity contribution in [2.45, 2.75) is 10.8 Å². The van der Waals surface area contributed by atoms with Crippen molar-refractivity contribution < 1.29 is 8.42 Å². The van der Waals surface area contributed by atoms with Gasteiger partial charge in [-0.25, -0.2) is 13.1 Å². The van der Waals surface area contributed by atoms with Gasteiger partial charge < -0.3 is 4.90 Å². The molecule has 0 amide bonds. The van der Waals surface area contributed by atoms with Crippen molar-refractivity contribution >= 4 is 43.0 Å². The molecule has 0 saturated carbocycles. The smallest absolute Gasteiger partial charge is 0.250 e. The summed E-state index contributed by atoms with van der Waals surface area (Å²) >= 11 is 4.46. The van der Waals surface area contributed by atoms with E-state index in [1.807, 2.05) is 43.3 Å². The lowest BCUT2D eigenvalue weighted by Gasteiger charge is -2.12. The summed E-state index contributed by atoms with van der Waals surface area (Å²) in [5.74, 6) is 0. The number of hydrogen-bond donors (Lipinski definition) is 1. The van der Waals surface area contributed by atoms with Crippen molar-refractivity contribution in [1.29, 1.82) is 0 Å². The maximum absolute atomic E-state index is 12.1. The van der Waals surface area contributed by atoms with E-state index in [2.05, 4.69) is 20.7 Å². The van der Waals surface area contributed by atoms with Gasteiger partial charge in [0.25, 0.3) is 0 Å². The summed E-state index contributed by atoms with van der Waals surface area (Å²) in [6.07, 6.45) is 0. The van der Waals surface area contributed by atoms with Crippen LogP contribution in [0.5, 0.6) is 0 Å². The van der Waals surface area contributed by atoms with E-state index in [0.29, 0.717) is 4.21 Å². The van der Waals surface area contributed by atoms with Gasteiger partial charge in [-0.05, 0) is 45.8 Å². The third-order valence-electron chi connectivity index (χ3n) is 2.73. The first-order valence-corrected chi connectivity index (χ1v) is 8.99. The first kappa shape index (κ1) is 15.5. The van der Waals surface area contributed by atoms with Crippen molar-refractivity contribution in [1.82, 2.24) is 4.72 Å². The number of anilines is 1. The molecule has 2 rings (SSSR count). The fourth-order valence-corrected chi connectivity index (χ4v) is 4.68. The summed E-state index contributed by atoms with van der Waals surface area (Å²) in [5.41, 5.74) is 2.01. The first-order valence-electron chi connectivity index (χ1n) is 5.90. The molecule has 0 fully saturated rings. The number of thiophene rings is 1. The summed E-state index contributed by atoms with van der Waals surface area (Å²) < 4.78 is 27.8. The van der Waals surface area contributed by atoms with Crippen molar-refractivity contribution in [3.8, 4) is 0 Å². The Morgan fingerprint density at radius 3 is 2.30 bits per heavy atom. The number of sulfonamides is 1. The number of rotatable bonds is 5. The van der Waals surface area contributed by atoms with Crippen LogP contribution in [0, 0.1) is 0 Å². The first-order chi connectivity index (χ1) is 9.38. The van der Waals surface area contributed by atoms with E-state index in [0.717, 1.165) is 15.0 Å². The van der Waals surface area contributed by atoms with Gasteiger partial charge in [-0.3, -0.25) is 0 Å². The average molecular weight is 375 g/mol. The van der Waals surface area contributed by atoms with E-state index >= 15 is 0 Å². The van der Waals surface area contributed by atoms with Crippen molar-refractivity contribution in [3.63, 3.8) is 0 Å². The lowest BCUT2D eigenvalue weighted by atomic mass is 10.2. The molecule has 0 saturated heterocycles. The highest BCUT2D eigenvalue weighted by atomic mass is 79.9. The second kappa shape index (κ2) is 6.26. The van der Waals surface area contributed by atoms with E-state index in [4.69, 9.17) is 0 Å². The maximum Gasteiger partial charge on any atom is 0.250 e. The van der Waals surface area contributed by atoms with E-state index < -0.39 is 10.0 Å². The molecular formula is C13H15BrN2O2S2. The molecule has 0 spiro atoms. The average Bonchev–Trinajstić information content (AvgIpc) is 2.84. The molecule has 1 heterocycles. The standard InChI is InChI=1S/C13H15BrN2O2S2/c1-16(2)11-5-3-10(4-6-11)9-15-20(17,18)13-8-7-12(14)19-13/h3-8,15H,9H2,1-2H3. The molecule has 0 bridgehead atoms. The fourth-order valence-electron chi connectivity index (χ4n) is 1.60. The van der Waals surface area contributed by atoms with Crippen LogP contribution in [0.25, 0.3) is 0 Å². The Bertz CT molecular complexity index is 679. The summed E-state index contributed by atoms with van der Waals surface area (Å²) in [6, 6.07) is 11.1. The minimum absolute atomic E-state index is 0.283. The highest BCUT2D eigenvalue weighted by Crippen LogP contribution is 2.26. The van der Waals surface area contributed by atoms with Gasteiger partial charge in [0.1, 0.15) is 4.21 Å². The number of benzene rings is 1. The second-order valence-electron chi connectivity index (χ2n) is 4.44. The van der Waals surface area contributed by atoms with Crippen LogP contribution in [-0.4, -0.2) is 22.5 Å². The summed E-state index contributed by atoms with van der Waals surface area (Å²) in [4.78, 5) is 2.00.